The molecule has 1 spiro atoms. The van der Waals surface area contributed by atoms with Crippen LogP contribution in [-0.4, -0.2) is 73.1 Å². The molecule has 0 aromatic carbocycles. The average Bonchev–Trinajstić information content (AvgIpc) is 2.69. The molecule has 0 bridgehead atoms. The molecule has 0 aromatic heterocycles. The van der Waals surface area contributed by atoms with E-state index < -0.39 is 0 Å². The number of nitrogens with zero attached hydrogens (tertiary/aromatic N) is 3. The highest BCUT2D eigenvalue weighted by molar-refractivity contribution is 4.98. The van der Waals surface area contributed by atoms with Crippen LogP contribution in [0.3, 0.4) is 0 Å². The van der Waals surface area contributed by atoms with Gasteiger partial charge in [0.05, 0.1) is 0 Å². The molecule has 3 heterocycles. The third-order valence-electron chi connectivity index (χ3n) is 5.62. The highest BCUT2D eigenvalue weighted by Gasteiger charge is 2.44. The van der Waals surface area contributed by atoms with E-state index in [0.29, 0.717) is 5.41 Å². The quantitative estimate of drug-likeness (QED) is 0.736. The van der Waals surface area contributed by atoms with E-state index in [1.807, 2.05) is 0 Å². The van der Waals surface area contributed by atoms with Gasteiger partial charge in [-0.05, 0) is 65.2 Å². The number of likely N-dealkylation sites (tertiary alicyclic amines) is 3. The zero-order chi connectivity index (χ0) is 12.8. The molecule has 0 N–H and O–H groups in total. The number of hydrogen-bond donors (Lipinski definition) is 0. The van der Waals surface area contributed by atoms with Crippen molar-refractivity contribution in [3.05, 3.63) is 0 Å². The second kappa shape index (κ2) is 4.77. The zero-order valence-electron chi connectivity index (χ0n) is 12.4. The van der Waals surface area contributed by atoms with E-state index in [9.17, 15) is 0 Å². The maximum Gasteiger partial charge on any atom is 0.0350 e. The minimum Gasteiger partial charge on any atom is -0.303 e. The van der Waals surface area contributed by atoms with E-state index >= 15 is 0 Å². The van der Waals surface area contributed by atoms with Crippen LogP contribution >= 0.6 is 0 Å². The van der Waals surface area contributed by atoms with Gasteiger partial charge in [0.25, 0.3) is 0 Å². The fourth-order valence-electron chi connectivity index (χ4n) is 4.10. The largest absolute Gasteiger partial charge is 0.303 e. The first kappa shape index (κ1) is 12.9. The fourth-order valence-corrected chi connectivity index (χ4v) is 4.10. The van der Waals surface area contributed by atoms with Crippen molar-refractivity contribution in [1.29, 1.82) is 0 Å². The Kier molecular flexibility index (Phi) is 3.41. The number of likely N-dealkylation sites (N-methyl/N-ethyl adjacent to an activating group) is 1. The van der Waals surface area contributed by atoms with Gasteiger partial charge in [-0.25, -0.2) is 0 Å². The Morgan fingerprint density at radius 2 is 1.61 bits per heavy atom. The van der Waals surface area contributed by atoms with Gasteiger partial charge >= 0.3 is 0 Å². The van der Waals surface area contributed by atoms with E-state index in [-0.39, 0.29) is 0 Å². The Morgan fingerprint density at radius 3 is 2.17 bits per heavy atom. The van der Waals surface area contributed by atoms with Crippen LogP contribution in [0.25, 0.3) is 0 Å². The molecule has 104 valence electrons. The van der Waals surface area contributed by atoms with Crippen LogP contribution in [0.1, 0.15) is 33.1 Å². The van der Waals surface area contributed by atoms with Crippen molar-refractivity contribution < 1.29 is 0 Å². The van der Waals surface area contributed by atoms with E-state index in [1.165, 1.54) is 58.5 Å². The lowest BCUT2D eigenvalue weighted by Crippen LogP contribution is -2.57. The van der Waals surface area contributed by atoms with Gasteiger partial charge in [0, 0.05) is 31.7 Å². The first-order valence-electron chi connectivity index (χ1n) is 7.75. The molecule has 0 atom stereocenters. The summed E-state index contributed by atoms with van der Waals surface area (Å²) in [6.45, 7) is 12.7. The van der Waals surface area contributed by atoms with E-state index in [4.69, 9.17) is 0 Å². The van der Waals surface area contributed by atoms with Gasteiger partial charge in [0.2, 0.25) is 0 Å². The Hall–Kier alpha value is -0.120. The van der Waals surface area contributed by atoms with Gasteiger partial charge in [-0.15, -0.1) is 0 Å². The molecule has 0 aliphatic carbocycles. The summed E-state index contributed by atoms with van der Waals surface area (Å²) in [5.41, 5.74) is 0.680. The van der Waals surface area contributed by atoms with Crippen LogP contribution in [0.4, 0.5) is 0 Å². The summed E-state index contributed by atoms with van der Waals surface area (Å²) < 4.78 is 0. The molecule has 3 fully saturated rings. The van der Waals surface area contributed by atoms with Gasteiger partial charge in [-0.3, -0.25) is 4.90 Å². The van der Waals surface area contributed by atoms with Crippen LogP contribution < -0.4 is 0 Å². The van der Waals surface area contributed by atoms with E-state index in [1.54, 1.807) is 0 Å². The summed E-state index contributed by atoms with van der Waals surface area (Å²) in [7, 11) is 2.24. The minimum atomic E-state index is 0.680. The zero-order valence-corrected chi connectivity index (χ0v) is 12.4. The van der Waals surface area contributed by atoms with E-state index in [0.717, 1.165) is 12.1 Å². The molecule has 0 amide bonds. The maximum atomic E-state index is 2.78. The van der Waals surface area contributed by atoms with Crippen LogP contribution in [0, 0.1) is 5.41 Å². The molecule has 0 saturated carbocycles. The van der Waals surface area contributed by atoms with Crippen molar-refractivity contribution in [3.63, 3.8) is 0 Å². The van der Waals surface area contributed by atoms with Gasteiger partial charge in [0.15, 0.2) is 0 Å². The smallest absolute Gasteiger partial charge is 0.0350 e. The summed E-state index contributed by atoms with van der Waals surface area (Å²) in [6.07, 6.45) is 4.33. The molecule has 3 nitrogen and oxygen atoms in total. The lowest BCUT2D eigenvalue weighted by Gasteiger charge is -2.44. The van der Waals surface area contributed by atoms with Crippen molar-refractivity contribution in [3.8, 4) is 0 Å². The first-order valence-corrected chi connectivity index (χ1v) is 7.75. The van der Waals surface area contributed by atoms with Crippen molar-refractivity contribution in [2.24, 2.45) is 5.41 Å². The van der Waals surface area contributed by atoms with Crippen LogP contribution in [-0.2, 0) is 0 Å². The normalized spacial score (nSPS) is 31.3. The summed E-state index contributed by atoms with van der Waals surface area (Å²) in [6, 6.07) is 1.61. The standard InChI is InChI=1S/C15H29N3/c1-13(2)17-7-4-15(5-8-17)6-9-18(12-15)14-10-16(3)11-14/h13-14H,4-12H2,1-3H3. The molecule has 3 saturated heterocycles. The molecule has 3 aliphatic rings. The van der Waals surface area contributed by atoms with Gasteiger partial charge in [0.1, 0.15) is 0 Å². The molecular weight excluding hydrogens is 222 g/mol. The molecule has 0 radical (unpaired) electrons. The number of rotatable bonds is 2. The minimum absolute atomic E-state index is 0.680. The second-order valence-electron chi connectivity index (χ2n) is 7.23. The molecule has 18 heavy (non-hydrogen) atoms. The Labute approximate surface area is 112 Å². The third kappa shape index (κ3) is 2.33. The lowest BCUT2D eigenvalue weighted by molar-refractivity contribution is 0.0432. The predicted octanol–water partition coefficient (Wildman–Crippen LogP) is 1.50. The SMILES string of the molecule is CC(C)N1CCC2(CC1)CCN(C1CN(C)C1)C2. The van der Waals surface area contributed by atoms with Gasteiger partial charge in [-0.1, -0.05) is 0 Å². The molecule has 3 aliphatic heterocycles. The molecule has 3 rings (SSSR count). The summed E-state index contributed by atoms with van der Waals surface area (Å²) >= 11 is 0. The van der Waals surface area contributed by atoms with Crippen molar-refractivity contribution in [2.45, 2.75) is 45.2 Å². The molecule has 3 heteroatoms. The third-order valence-corrected chi connectivity index (χ3v) is 5.62. The highest BCUT2D eigenvalue weighted by Crippen LogP contribution is 2.41. The number of hydrogen-bond acceptors (Lipinski definition) is 3. The lowest BCUT2D eigenvalue weighted by atomic mass is 9.77. The van der Waals surface area contributed by atoms with E-state index in [2.05, 4.69) is 35.6 Å². The Morgan fingerprint density at radius 1 is 1.00 bits per heavy atom. The monoisotopic (exact) mass is 251 g/mol. The highest BCUT2D eigenvalue weighted by atomic mass is 15.3. The van der Waals surface area contributed by atoms with Crippen LogP contribution in [0.2, 0.25) is 0 Å². The summed E-state index contributed by atoms with van der Waals surface area (Å²) in [4.78, 5) is 7.88. The first-order chi connectivity index (χ1) is 8.58. The predicted molar refractivity (Wildman–Crippen MR) is 75.9 cm³/mol. The van der Waals surface area contributed by atoms with Crippen LogP contribution in [0.15, 0.2) is 0 Å². The molecular formula is C15H29N3. The van der Waals surface area contributed by atoms with Crippen molar-refractivity contribution >= 4 is 0 Å². The van der Waals surface area contributed by atoms with Crippen LogP contribution in [0.5, 0.6) is 0 Å². The molecule has 0 aromatic rings. The molecule has 0 unspecified atom stereocenters. The fraction of sp³-hybridized carbons (Fsp3) is 1.00. The Bertz CT molecular complexity index is 288. The van der Waals surface area contributed by atoms with Gasteiger partial charge in [-0.2, -0.15) is 0 Å². The topological polar surface area (TPSA) is 9.72 Å². The van der Waals surface area contributed by atoms with Crippen molar-refractivity contribution in [2.75, 3.05) is 46.3 Å². The second-order valence-corrected chi connectivity index (χ2v) is 7.23. The maximum absolute atomic E-state index is 2.78. The number of piperidine rings is 1. The Balaban J connectivity index is 1.52. The summed E-state index contributed by atoms with van der Waals surface area (Å²) in [5, 5.41) is 0. The average molecular weight is 251 g/mol. The van der Waals surface area contributed by atoms with Crippen molar-refractivity contribution in [1.82, 2.24) is 14.7 Å². The summed E-state index contributed by atoms with van der Waals surface area (Å²) in [5.74, 6) is 0. The van der Waals surface area contributed by atoms with Gasteiger partial charge < -0.3 is 9.80 Å².